The number of anilines is 2. The molecule has 146 valence electrons. The van der Waals surface area contributed by atoms with Crippen LogP contribution in [0.25, 0.3) is 0 Å². The van der Waals surface area contributed by atoms with Gasteiger partial charge in [0.15, 0.2) is 11.5 Å². The molecule has 0 saturated heterocycles. The number of fused-ring (bicyclic) bond motifs is 1. The van der Waals surface area contributed by atoms with Crippen LogP contribution in [0.1, 0.15) is 23.2 Å². The molecule has 2 aliphatic rings. The van der Waals surface area contributed by atoms with Crippen LogP contribution in [-0.2, 0) is 4.79 Å². The zero-order chi connectivity index (χ0) is 19.7. The number of carbonyl (C=O) groups excluding carboxylic acids is 2. The molecule has 28 heavy (non-hydrogen) atoms. The van der Waals surface area contributed by atoms with Crippen molar-refractivity contribution >= 4 is 23.2 Å². The van der Waals surface area contributed by atoms with Gasteiger partial charge >= 0.3 is 6.29 Å². The predicted octanol–water partition coefficient (Wildman–Crippen LogP) is 2.95. The molecule has 0 radical (unpaired) electrons. The number of rotatable bonds is 6. The van der Waals surface area contributed by atoms with E-state index in [-0.39, 0.29) is 35.9 Å². The summed E-state index contributed by atoms with van der Waals surface area (Å²) in [6, 6.07) is 11.0. The molecule has 1 saturated carbocycles. The van der Waals surface area contributed by atoms with Gasteiger partial charge in [-0.2, -0.15) is 0 Å². The van der Waals surface area contributed by atoms with E-state index < -0.39 is 6.29 Å². The van der Waals surface area contributed by atoms with Crippen molar-refractivity contribution in [2.45, 2.75) is 25.2 Å². The van der Waals surface area contributed by atoms with Crippen molar-refractivity contribution in [1.82, 2.24) is 5.32 Å². The molecule has 1 fully saturated rings. The number of nitrogens with one attached hydrogen (secondary N) is 3. The topological polar surface area (TPSA) is 88.7 Å². The van der Waals surface area contributed by atoms with E-state index in [1.807, 2.05) is 0 Å². The highest BCUT2D eigenvalue weighted by Gasteiger charge is 2.43. The summed E-state index contributed by atoms with van der Waals surface area (Å²) >= 11 is 0. The summed E-state index contributed by atoms with van der Waals surface area (Å²) < 4.78 is 34.7. The van der Waals surface area contributed by atoms with E-state index in [1.54, 1.807) is 24.3 Å². The Morgan fingerprint density at radius 3 is 2.61 bits per heavy atom. The summed E-state index contributed by atoms with van der Waals surface area (Å²) in [6.45, 7) is -0.103. The fraction of sp³-hybridized carbons (Fsp3) is 0.263. The van der Waals surface area contributed by atoms with E-state index >= 15 is 0 Å². The average Bonchev–Trinajstić information content (AvgIpc) is 3.39. The lowest BCUT2D eigenvalue weighted by Crippen LogP contribution is -2.26. The Kier molecular flexibility index (Phi) is 4.50. The highest BCUT2D eigenvalue weighted by molar-refractivity contribution is 5.98. The van der Waals surface area contributed by atoms with E-state index in [0.29, 0.717) is 16.9 Å². The number of amides is 2. The normalized spacial score (nSPS) is 16.4. The Balaban J connectivity index is 1.32. The maximum Gasteiger partial charge on any atom is 0.586 e. The van der Waals surface area contributed by atoms with Gasteiger partial charge in [-0.25, -0.2) is 0 Å². The van der Waals surface area contributed by atoms with Gasteiger partial charge < -0.3 is 25.4 Å². The number of hydrogen-bond acceptors (Lipinski definition) is 5. The summed E-state index contributed by atoms with van der Waals surface area (Å²) in [6.07, 6.45) is -1.70. The number of halogens is 2. The number of ether oxygens (including phenoxy) is 2. The number of alkyl halides is 2. The first-order valence-corrected chi connectivity index (χ1v) is 8.72. The van der Waals surface area contributed by atoms with Crippen molar-refractivity contribution in [3.05, 3.63) is 48.0 Å². The van der Waals surface area contributed by atoms with E-state index in [4.69, 9.17) is 0 Å². The minimum atomic E-state index is -3.69. The lowest BCUT2D eigenvalue weighted by Gasteiger charge is -2.10. The molecular weight excluding hydrogens is 372 g/mol. The fourth-order valence-electron chi connectivity index (χ4n) is 2.68. The van der Waals surface area contributed by atoms with Crippen LogP contribution in [0.3, 0.4) is 0 Å². The Morgan fingerprint density at radius 2 is 1.82 bits per heavy atom. The van der Waals surface area contributed by atoms with E-state index in [2.05, 4.69) is 25.4 Å². The Labute approximate surface area is 159 Å². The van der Waals surface area contributed by atoms with Crippen LogP contribution in [-0.4, -0.2) is 30.7 Å². The molecule has 0 unspecified atom stereocenters. The third-order valence-electron chi connectivity index (χ3n) is 4.18. The lowest BCUT2D eigenvalue weighted by atomic mass is 10.2. The Morgan fingerprint density at radius 1 is 1.04 bits per heavy atom. The molecule has 0 atom stereocenters. The van der Waals surface area contributed by atoms with E-state index in [9.17, 15) is 18.4 Å². The fourth-order valence-corrected chi connectivity index (χ4v) is 2.68. The van der Waals surface area contributed by atoms with Crippen LogP contribution >= 0.6 is 0 Å². The van der Waals surface area contributed by atoms with Gasteiger partial charge in [0, 0.05) is 29.0 Å². The van der Waals surface area contributed by atoms with Crippen LogP contribution in [0.4, 0.5) is 20.2 Å². The van der Waals surface area contributed by atoms with Crippen molar-refractivity contribution in [3.63, 3.8) is 0 Å². The monoisotopic (exact) mass is 389 g/mol. The highest BCUT2D eigenvalue weighted by Crippen LogP contribution is 2.42. The molecule has 1 aliphatic carbocycles. The predicted molar refractivity (Wildman–Crippen MR) is 96.7 cm³/mol. The van der Waals surface area contributed by atoms with Crippen molar-refractivity contribution in [3.8, 4) is 11.5 Å². The largest absolute Gasteiger partial charge is 0.586 e. The van der Waals surface area contributed by atoms with Crippen LogP contribution in [0, 0.1) is 0 Å². The van der Waals surface area contributed by atoms with E-state index in [1.165, 1.54) is 18.2 Å². The molecular formula is C19H17F2N3O4. The molecule has 0 bridgehead atoms. The van der Waals surface area contributed by atoms with Crippen molar-refractivity contribution in [2.75, 3.05) is 17.2 Å². The van der Waals surface area contributed by atoms with Gasteiger partial charge in [0.2, 0.25) is 5.91 Å². The first-order chi connectivity index (χ1) is 13.4. The number of benzene rings is 2. The molecule has 1 heterocycles. The molecule has 2 aromatic carbocycles. The lowest BCUT2D eigenvalue weighted by molar-refractivity contribution is -0.286. The van der Waals surface area contributed by atoms with Gasteiger partial charge in [0.05, 0.1) is 6.54 Å². The van der Waals surface area contributed by atoms with E-state index in [0.717, 1.165) is 12.8 Å². The number of hydrogen-bond donors (Lipinski definition) is 3. The second kappa shape index (κ2) is 6.99. The second-order valence-electron chi connectivity index (χ2n) is 6.56. The zero-order valence-electron chi connectivity index (χ0n) is 14.6. The summed E-state index contributed by atoms with van der Waals surface area (Å²) in [7, 11) is 0. The smallest absolute Gasteiger partial charge is 0.395 e. The van der Waals surface area contributed by atoms with Gasteiger partial charge in [-0.3, -0.25) is 9.59 Å². The standard InChI is InChI=1S/C19H17F2N3O4/c20-19(21)27-15-7-6-13(9-16(15)28-19)22-10-17(25)23-14-3-1-2-11(8-14)18(26)24-12-4-5-12/h1-3,6-9,12,22H,4-5,10H2,(H,23,25)(H,24,26). The van der Waals surface area contributed by atoms with Crippen molar-refractivity contribution in [1.29, 1.82) is 0 Å². The molecule has 4 rings (SSSR count). The van der Waals surface area contributed by atoms with Gasteiger partial charge in [-0.05, 0) is 43.2 Å². The molecule has 2 amide bonds. The zero-order valence-corrected chi connectivity index (χ0v) is 14.6. The maximum absolute atomic E-state index is 13.0. The quantitative estimate of drug-likeness (QED) is 0.707. The second-order valence-corrected chi connectivity index (χ2v) is 6.56. The third-order valence-corrected chi connectivity index (χ3v) is 4.18. The third kappa shape index (κ3) is 4.30. The van der Waals surface area contributed by atoms with Crippen LogP contribution in [0.15, 0.2) is 42.5 Å². The molecule has 1 aliphatic heterocycles. The van der Waals surface area contributed by atoms with Crippen LogP contribution in [0.2, 0.25) is 0 Å². The summed E-state index contributed by atoms with van der Waals surface area (Å²) in [5.74, 6) is -0.706. The van der Waals surface area contributed by atoms with Gasteiger partial charge in [0.25, 0.3) is 5.91 Å². The average molecular weight is 389 g/mol. The maximum atomic E-state index is 13.0. The Bertz CT molecular complexity index is 931. The highest BCUT2D eigenvalue weighted by atomic mass is 19.3. The minimum absolute atomic E-state index is 0.0682. The van der Waals surface area contributed by atoms with Gasteiger partial charge in [-0.1, -0.05) is 6.07 Å². The Hall–Kier alpha value is -3.36. The molecule has 3 N–H and O–H groups in total. The van der Waals surface area contributed by atoms with Crippen molar-refractivity contribution in [2.24, 2.45) is 0 Å². The first kappa shape index (κ1) is 18.0. The summed E-state index contributed by atoms with van der Waals surface area (Å²) in [5.41, 5.74) is 1.38. The van der Waals surface area contributed by atoms with Crippen LogP contribution < -0.4 is 25.4 Å². The summed E-state index contributed by atoms with van der Waals surface area (Å²) in [5, 5.41) is 8.39. The summed E-state index contributed by atoms with van der Waals surface area (Å²) in [4.78, 5) is 24.2. The van der Waals surface area contributed by atoms with Gasteiger partial charge in [-0.15, -0.1) is 8.78 Å². The SMILES string of the molecule is O=C(CNc1ccc2c(c1)OC(F)(F)O2)Nc1cccc(C(=O)NC2CC2)c1. The molecule has 0 aromatic heterocycles. The van der Waals surface area contributed by atoms with Crippen LogP contribution in [0.5, 0.6) is 11.5 Å². The molecule has 0 spiro atoms. The molecule has 9 heteroatoms. The minimum Gasteiger partial charge on any atom is -0.395 e. The molecule has 2 aromatic rings. The van der Waals surface area contributed by atoms with Crippen molar-refractivity contribution < 1.29 is 27.8 Å². The molecule has 7 nitrogen and oxygen atoms in total. The number of carbonyl (C=O) groups is 2. The first-order valence-electron chi connectivity index (χ1n) is 8.72. The van der Waals surface area contributed by atoms with Gasteiger partial charge in [0.1, 0.15) is 0 Å².